The van der Waals surface area contributed by atoms with E-state index in [4.69, 9.17) is 0 Å². The Morgan fingerprint density at radius 3 is 1.30 bits per heavy atom. The summed E-state index contributed by atoms with van der Waals surface area (Å²) in [6.07, 6.45) is -10.4. The molecule has 1 atom stereocenters. The van der Waals surface area contributed by atoms with E-state index >= 15 is 0 Å². The molecule has 0 aliphatic rings. The maximum absolute atomic E-state index is 14.0. The van der Waals surface area contributed by atoms with Gasteiger partial charge < -0.3 is 4.74 Å². The van der Waals surface area contributed by atoms with Crippen LogP contribution < -0.4 is 0 Å². The molecule has 0 aliphatic carbocycles. The number of nitrogens with zero attached hydrogens (tertiary/aromatic N) is 1. The van der Waals surface area contributed by atoms with Crippen molar-refractivity contribution in [2.45, 2.75) is 60.1 Å². The summed E-state index contributed by atoms with van der Waals surface area (Å²) in [5.41, 5.74) is 0. The third kappa shape index (κ3) is 4.68. The Labute approximate surface area is 193 Å². The van der Waals surface area contributed by atoms with Gasteiger partial charge in [-0.2, -0.15) is 78.9 Å². The molecule has 23 heteroatoms. The van der Waals surface area contributed by atoms with Crippen LogP contribution in [-0.2, 0) is 19.6 Å². The molecule has 0 spiro atoms. The second-order valence-electron chi connectivity index (χ2n) is 6.72. The number of carbonyl (C=O) groups excluding carboxylic acids is 1. The van der Waals surface area contributed by atoms with Crippen LogP contribution in [0.25, 0.3) is 0 Å². The summed E-state index contributed by atoms with van der Waals surface area (Å²) in [6, 6.07) is 0. The minimum absolute atomic E-state index is 0.192. The molecule has 0 bridgehead atoms. The molecule has 37 heavy (non-hydrogen) atoms. The molecule has 0 radical (unpaired) electrons. The van der Waals surface area contributed by atoms with Gasteiger partial charge in [0, 0.05) is 13.1 Å². The van der Waals surface area contributed by atoms with E-state index in [1.54, 1.807) is 0 Å². The monoisotopic (exact) mass is 611 g/mol. The summed E-state index contributed by atoms with van der Waals surface area (Å²) in [4.78, 5) is 10.9. The third-order valence-corrected chi connectivity index (χ3v) is 6.32. The Balaban J connectivity index is 6.95. The van der Waals surface area contributed by atoms with Crippen molar-refractivity contribution in [3.05, 3.63) is 12.7 Å². The van der Waals surface area contributed by atoms with Crippen molar-refractivity contribution in [2.24, 2.45) is 0 Å². The Kier molecular flexibility index (Phi) is 8.77. The highest BCUT2D eigenvalue weighted by atomic mass is 32.2. The van der Waals surface area contributed by atoms with Crippen LogP contribution in [0.3, 0.4) is 0 Å². The number of esters is 1. The SMILES string of the molecule is C=CC(=O)OC(C)N(C)S(=O)(=O)C(F)(F)C(F)(F)C(F)(F)C(F)(F)C(F)(F)C(F)(F)C(F)(F)C(F)(F)F. The molecule has 0 fully saturated rings. The minimum Gasteiger partial charge on any atom is -0.442 e. The van der Waals surface area contributed by atoms with Gasteiger partial charge >= 0.3 is 52.9 Å². The fourth-order valence-electron chi connectivity index (χ4n) is 1.98. The van der Waals surface area contributed by atoms with Gasteiger partial charge in [-0.3, -0.25) is 0 Å². The number of hydrogen-bond donors (Lipinski definition) is 0. The van der Waals surface area contributed by atoms with Crippen LogP contribution in [0.4, 0.5) is 74.6 Å². The van der Waals surface area contributed by atoms with Crippen LogP contribution in [0.5, 0.6) is 0 Å². The molecular weight excluding hydrogens is 601 g/mol. The van der Waals surface area contributed by atoms with Crippen LogP contribution in [-0.4, -0.2) is 78.9 Å². The first kappa shape index (κ1) is 34.9. The highest BCUT2D eigenvalue weighted by Gasteiger charge is 2.96. The second-order valence-corrected chi connectivity index (χ2v) is 8.76. The van der Waals surface area contributed by atoms with Crippen molar-refractivity contribution in [1.29, 1.82) is 0 Å². The summed E-state index contributed by atoms with van der Waals surface area (Å²) in [5, 5.41) is -7.74. The molecule has 0 aromatic rings. The van der Waals surface area contributed by atoms with Gasteiger partial charge in [-0.15, -0.1) is 0 Å². The standard InChI is InChI=1S/C14H10F17NO4S/c1-4-6(33)36-5(2)32(3)37(34,35)14(30,31)12(25,26)10(21,22)8(17,18)7(15,16)9(19,20)11(23,24)13(27,28)29/h4-5H,1H2,2-3H3. The summed E-state index contributed by atoms with van der Waals surface area (Å²) >= 11 is 0. The fraction of sp³-hybridized carbons (Fsp3) is 0.786. The Hall–Kier alpha value is -2.07. The van der Waals surface area contributed by atoms with E-state index in [2.05, 4.69) is 11.3 Å². The fourth-order valence-corrected chi connectivity index (χ4v) is 3.23. The Bertz CT molecular complexity index is 988. The molecule has 5 nitrogen and oxygen atoms in total. The average molecular weight is 611 g/mol. The topological polar surface area (TPSA) is 63.7 Å². The lowest BCUT2D eigenvalue weighted by Gasteiger charge is -2.43. The van der Waals surface area contributed by atoms with Gasteiger partial charge in [0.05, 0.1) is 0 Å². The van der Waals surface area contributed by atoms with E-state index in [0.29, 0.717) is 0 Å². The van der Waals surface area contributed by atoms with Crippen molar-refractivity contribution < 1.29 is 92.6 Å². The lowest BCUT2D eigenvalue weighted by atomic mass is 9.91. The van der Waals surface area contributed by atoms with Crippen LogP contribution in [0.2, 0.25) is 0 Å². The maximum atomic E-state index is 14.0. The second kappa shape index (κ2) is 9.29. The van der Waals surface area contributed by atoms with Crippen LogP contribution >= 0.6 is 0 Å². The zero-order valence-corrected chi connectivity index (χ0v) is 18.1. The van der Waals surface area contributed by atoms with Crippen molar-refractivity contribution >= 4 is 16.0 Å². The van der Waals surface area contributed by atoms with Crippen LogP contribution in [0.1, 0.15) is 6.92 Å². The summed E-state index contributed by atoms with van der Waals surface area (Å²) in [5.74, 6) is -53.8. The number of ether oxygens (including phenoxy) is 1. The summed E-state index contributed by atoms with van der Waals surface area (Å²) in [7, 11) is -7.82. The molecule has 0 heterocycles. The number of alkyl halides is 17. The number of carbonyl (C=O) groups is 1. The van der Waals surface area contributed by atoms with Crippen molar-refractivity contribution in [3.63, 3.8) is 0 Å². The minimum atomic E-state index is -8.93. The van der Waals surface area contributed by atoms with Gasteiger partial charge in [0.1, 0.15) is 0 Å². The first-order chi connectivity index (χ1) is 15.8. The molecule has 0 amide bonds. The van der Waals surface area contributed by atoms with E-state index in [-0.39, 0.29) is 20.0 Å². The maximum Gasteiger partial charge on any atom is 0.460 e. The average Bonchev–Trinajstić information content (AvgIpc) is 2.70. The molecule has 0 rings (SSSR count). The van der Waals surface area contributed by atoms with Gasteiger partial charge in [0.25, 0.3) is 10.0 Å². The number of rotatable bonds is 11. The number of hydrogen-bond acceptors (Lipinski definition) is 4. The smallest absolute Gasteiger partial charge is 0.442 e. The molecule has 0 aromatic heterocycles. The van der Waals surface area contributed by atoms with E-state index < -0.39 is 73.5 Å². The summed E-state index contributed by atoms with van der Waals surface area (Å²) in [6.45, 7) is 2.95. The van der Waals surface area contributed by atoms with E-state index in [9.17, 15) is 87.8 Å². The molecule has 0 saturated heterocycles. The molecule has 0 aromatic carbocycles. The molecule has 0 N–H and O–H groups in total. The largest absolute Gasteiger partial charge is 0.460 e. The van der Waals surface area contributed by atoms with Crippen LogP contribution in [0.15, 0.2) is 12.7 Å². The highest BCUT2D eigenvalue weighted by Crippen LogP contribution is 2.64. The predicted molar refractivity (Wildman–Crippen MR) is 83.1 cm³/mol. The molecule has 0 aliphatic heterocycles. The van der Waals surface area contributed by atoms with Gasteiger partial charge in [0.15, 0.2) is 6.23 Å². The van der Waals surface area contributed by atoms with Crippen molar-refractivity contribution in [3.8, 4) is 0 Å². The molecular formula is C14H10F17NO4S. The zero-order valence-electron chi connectivity index (χ0n) is 17.3. The lowest BCUT2D eigenvalue weighted by Crippen LogP contribution is -2.75. The van der Waals surface area contributed by atoms with Crippen molar-refractivity contribution in [1.82, 2.24) is 4.31 Å². The first-order valence-electron chi connectivity index (χ1n) is 8.31. The number of halogens is 17. The summed E-state index contributed by atoms with van der Waals surface area (Å²) < 4.78 is 251. The van der Waals surface area contributed by atoms with Gasteiger partial charge in [0.2, 0.25) is 0 Å². The van der Waals surface area contributed by atoms with Crippen LogP contribution in [0, 0.1) is 0 Å². The molecule has 220 valence electrons. The van der Waals surface area contributed by atoms with E-state index in [0.717, 1.165) is 0 Å². The first-order valence-corrected chi connectivity index (χ1v) is 9.75. The quantitative estimate of drug-likeness (QED) is 0.138. The predicted octanol–water partition coefficient (Wildman–Crippen LogP) is 5.29. The molecule has 1 unspecified atom stereocenters. The normalized spacial score (nSPS) is 16.5. The Morgan fingerprint density at radius 1 is 0.703 bits per heavy atom. The number of sulfonamides is 1. The van der Waals surface area contributed by atoms with E-state index in [1.165, 1.54) is 0 Å². The zero-order chi connectivity index (χ0) is 30.6. The van der Waals surface area contributed by atoms with Gasteiger partial charge in [-0.1, -0.05) is 6.58 Å². The Morgan fingerprint density at radius 2 is 1.00 bits per heavy atom. The van der Waals surface area contributed by atoms with E-state index in [1.807, 2.05) is 0 Å². The molecule has 0 saturated carbocycles. The van der Waals surface area contributed by atoms with Gasteiger partial charge in [-0.25, -0.2) is 13.2 Å². The van der Waals surface area contributed by atoms with Gasteiger partial charge in [-0.05, 0) is 6.92 Å². The highest BCUT2D eigenvalue weighted by molar-refractivity contribution is 7.90. The van der Waals surface area contributed by atoms with Crippen molar-refractivity contribution in [2.75, 3.05) is 7.05 Å². The lowest BCUT2D eigenvalue weighted by molar-refractivity contribution is -0.458. The third-order valence-electron chi connectivity index (χ3n) is 4.36.